The fraction of sp³-hybridized carbons (Fsp3) is 0.381. The molecule has 0 saturated carbocycles. The van der Waals surface area contributed by atoms with Gasteiger partial charge in [-0.1, -0.05) is 78.0 Å². The van der Waals surface area contributed by atoms with E-state index in [9.17, 15) is 4.79 Å². The van der Waals surface area contributed by atoms with E-state index in [0.717, 1.165) is 16.7 Å². The van der Waals surface area contributed by atoms with Crippen molar-refractivity contribution < 1.29 is 4.79 Å². The lowest BCUT2D eigenvalue weighted by Crippen LogP contribution is -2.24. The van der Waals surface area contributed by atoms with E-state index in [0.29, 0.717) is 0 Å². The largest absolute Gasteiger partial charge is 0.289 e. The molecule has 0 aromatic heterocycles. The van der Waals surface area contributed by atoms with Crippen molar-refractivity contribution in [3.63, 3.8) is 0 Å². The quantitative estimate of drug-likeness (QED) is 0.616. The first-order valence-corrected chi connectivity index (χ1v) is 7.85. The van der Waals surface area contributed by atoms with Crippen LogP contribution in [0.15, 0.2) is 59.2 Å². The minimum atomic E-state index is -0.155. The van der Waals surface area contributed by atoms with Gasteiger partial charge in [-0.05, 0) is 34.1 Å². The summed E-state index contributed by atoms with van der Waals surface area (Å²) in [6.45, 7) is 12.9. The van der Waals surface area contributed by atoms with Gasteiger partial charge in [-0.3, -0.25) is 4.79 Å². The van der Waals surface area contributed by atoms with Gasteiger partial charge in [0.1, 0.15) is 0 Å². The zero-order chi connectivity index (χ0) is 16.5. The molecule has 0 heterocycles. The standard InChI is InChI=1S/C21H26O/c1-20(2,3)17-13-16(12-15-10-8-7-9-11-15)19(22)18(14-17)21(4,5)6/h7-14H,1-6H3. The topological polar surface area (TPSA) is 17.1 Å². The van der Waals surface area contributed by atoms with Crippen LogP contribution in [0.2, 0.25) is 0 Å². The van der Waals surface area contributed by atoms with Crippen LogP contribution in [0.25, 0.3) is 6.08 Å². The summed E-state index contributed by atoms with van der Waals surface area (Å²) in [5.74, 6) is 0.143. The van der Waals surface area contributed by atoms with E-state index < -0.39 is 0 Å². The Morgan fingerprint density at radius 3 is 1.91 bits per heavy atom. The minimum absolute atomic E-state index is 0.0208. The van der Waals surface area contributed by atoms with Crippen molar-refractivity contribution in [3.05, 3.63) is 64.8 Å². The lowest BCUT2D eigenvalue weighted by molar-refractivity contribution is -0.112. The highest BCUT2D eigenvalue weighted by Crippen LogP contribution is 2.38. The maximum atomic E-state index is 12.9. The first kappa shape index (κ1) is 16.5. The second-order valence-electron chi connectivity index (χ2n) is 8.00. The molecule has 0 unspecified atom stereocenters. The highest BCUT2D eigenvalue weighted by Gasteiger charge is 2.31. The van der Waals surface area contributed by atoms with Crippen molar-refractivity contribution in [2.75, 3.05) is 0 Å². The third kappa shape index (κ3) is 3.65. The van der Waals surface area contributed by atoms with Crippen molar-refractivity contribution >= 4 is 11.9 Å². The summed E-state index contributed by atoms with van der Waals surface area (Å²) in [4.78, 5) is 12.9. The molecule has 0 aliphatic heterocycles. The number of benzene rings is 1. The Morgan fingerprint density at radius 1 is 0.818 bits per heavy atom. The van der Waals surface area contributed by atoms with E-state index in [1.807, 2.05) is 42.5 Å². The van der Waals surface area contributed by atoms with Gasteiger partial charge in [0.2, 0.25) is 0 Å². The van der Waals surface area contributed by atoms with Crippen LogP contribution in [0.5, 0.6) is 0 Å². The SMILES string of the molecule is CC(C)(C)C1=CC(=Cc2ccccc2)C(=O)C(C(C)(C)C)=C1. The molecule has 1 aliphatic carbocycles. The monoisotopic (exact) mass is 294 g/mol. The molecule has 1 aliphatic rings. The number of hydrogen-bond donors (Lipinski definition) is 0. The maximum absolute atomic E-state index is 12.9. The van der Waals surface area contributed by atoms with Crippen molar-refractivity contribution in [1.29, 1.82) is 0 Å². The van der Waals surface area contributed by atoms with Crippen molar-refractivity contribution in [2.45, 2.75) is 41.5 Å². The molecule has 0 fully saturated rings. The molecule has 0 N–H and O–H groups in total. The molecule has 1 heteroatoms. The number of allylic oxidation sites excluding steroid dienone is 5. The van der Waals surface area contributed by atoms with Crippen molar-refractivity contribution in [1.82, 2.24) is 0 Å². The van der Waals surface area contributed by atoms with Gasteiger partial charge in [0.05, 0.1) is 0 Å². The molecule has 1 nitrogen and oxygen atoms in total. The molecule has 0 saturated heterocycles. The third-order valence-corrected chi connectivity index (χ3v) is 3.91. The fourth-order valence-electron chi connectivity index (χ4n) is 2.48. The van der Waals surface area contributed by atoms with Crippen LogP contribution in [0.3, 0.4) is 0 Å². The Morgan fingerprint density at radius 2 is 1.41 bits per heavy atom. The maximum Gasteiger partial charge on any atom is 0.189 e. The van der Waals surface area contributed by atoms with E-state index >= 15 is 0 Å². The van der Waals surface area contributed by atoms with Crippen molar-refractivity contribution in [2.24, 2.45) is 10.8 Å². The average Bonchev–Trinajstić information content (AvgIpc) is 2.39. The Balaban J connectivity index is 2.56. The van der Waals surface area contributed by atoms with Crippen LogP contribution in [0, 0.1) is 10.8 Å². The molecule has 2 rings (SSSR count). The number of carbonyl (C=O) groups is 1. The number of carbonyl (C=O) groups excluding carboxylic acids is 1. The number of rotatable bonds is 1. The van der Waals surface area contributed by atoms with Crippen LogP contribution < -0.4 is 0 Å². The van der Waals surface area contributed by atoms with Crippen LogP contribution in [0.4, 0.5) is 0 Å². The van der Waals surface area contributed by atoms with Gasteiger partial charge in [-0.15, -0.1) is 0 Å². The fourth-order valence-corrected chi connectivity index (χ4v) is 2.48. The van der Waals surface area contributed by atoms with E-state index in [1.165, 1.54) is 5.57 Å². The summed E-state index contributed by atoms with van der Waals surface area (Å²) in [6.07, 6.45) is 6.13. The predicted molar refractivity (Wildman–Crippen MR) is 94.5 cm³/mol. The number of ketones is 1. The van der Waals surface area contributed by atoms with Gasteiger partial charge >= 0.3 is 0 Å². The molecule has 0 radical (unpaired) electrons. The lowest BCUT2D eigenvalue weighted by Gasteiger charge is -2.30. The molecule has 116 valence electrons. The molecular weight excluding hydrogens is 268 g/mol. The van der Waals surface area contributed by atoms with Crippen LogP contribution >= 0.6 is 0 Å². The van der Waals surface area contributed by atoms with Crippen molar-refractivity contribution in [3.8, 4) is 0 Å². The molecular formula is C21H26O. The Hall–Kier alpha value is -1.89. The lowest BCUT2D eigenvalue weighted by atomic mass is 9.73. The van der Waals surface area contributed by atoms with Crippen LogP contribution in [-0.2, 0) is 4.79 Å². The Kier molecular flexibility index (Phi) is 4.28. The van der Waals surface area contributed by atoms with E-state index in [2.05, 4.69) is 47.6 Å². The molecule has 1 aromatic rings. The Labute approximate surface area is 134 Å². The van der Waals surface area contributed by atoms with E-state index in [4.69, 9.17) is 0 Å². The second-order valence-corrected chi connectivity index (χ2v) is 8.00. The van der Waals surface area contributed by atoms with Gasteiger partial charge in [0.15, 0.2) is 5.78 Å². The number of hydrogen-bond acceptors (Lipinski definition) is 1. The zero-order valence-corrected chi connectivity index (χ0v) is 14.5. The third-order valence-electron chi connectivity index (χ3n) is 3.91. The van der Waals surface area contributed by atoms with E-state index in [1.54, 1.807) is 0 Å². The summed E-state index contributed by atoms with van der Waals surface area (Å²) < 4.78 is 0. The van der Waals surface area contributed by atoms with Gasteiger partial charge in [0, 0.05) is 11.1 Å². The molecule has 1 aromatic carbocycles. The summed E-state index contributed by atoms with van der Waals surface area (Å²) in [5, 5.41) is 0. The van der Waals surface area contributed by atoms with Gasteiger partial charge in [-0.2, -0.15) is 0 Å². The van der Waals surface area contributed by atoms with Crippen LogP contribution in [-0.4, -0.2) is 5.78 Å². The molecule has 22 heavy (non-hydrogen) atoms. The Bertz CT molecular complexity index is 656. The molecule has 0 bridgehead atoms. The van der Waals surface area contributed by atoms with Gasteiger partial charge in [-0.25, -0.2) is 0 Å². The first-order valence-electron chi connectivity index (χ1n) is 7.85. The normalized spacial score (nSPS) is 18.3. The highest BCUT2D eigenvalue weighted by atomic mass is 16.1. The summed E-state index contributed by atoms with van der Waals surface area (Å²) >= 11 is 0. The highest BCUT2D eigenvalue weighted by molar-refractivity contribution is 6.15. The second kappa shape index (κ2) is 5.72. The zero-order valence-electron chi connectivity index (χ0n) is 14.5. The van der Waals surface area contributed by atoms with Gasteiger partial charge in [0.25, 0.3) is 0 Å². The smallest absolute Gasteiger partial charge is 0.189 e. The molecule has 0 atom stereocenters. The first-order chi connectivity index (χ1) is 10.1. The van der Waals surface area contributed by atoms with Gasteiger partial charge < -0.3 is 0 Å². The van der Waals surface area contributed by atoms with Crippen LogP contribution in [0.1, 0.15) is 47.1 Å². The molecule has 0 spiro atoms. The summed E-state index contributed by atoms with van der Waals surface area (Å²) in [6, 6.07) is 10.0. The predicted octanol–water partition coefficient (Wildman–Crippen LogP) is 5.60. The summed E-state index contributed by atoms with van der Waals surface area (Å²) in [7, 11) is 0. The molecule has 0 amide bonds. The summed E-state index contributed by atoms with van der Waals surface area (Å²) in [5.41, 5.74) is 3.81. The average molecular weight is 294 g/mol. The van der Waals surface area contributed by atoms with E-state index in [-0.39, 0.29) is 16.6 Å². The minimum Gasteiger partial charge on any atom is -0.289 e. The number of Topliss-reactive ketones (excluding diaryl/α,β-unsaturated/α-hetero) is 1.